The molecule has 1 aromatic carbocycles. The first kappa shape index (κ1) is 14.3. The first-order valence-corrected chi connectivity index (χ1v) is 4.97. The predicted molar refractivity (Wildman–Crippen MR) is 60.1 cm³/mol. The maximum atomic E-state index is 12.5. The minimum Gasteiger partial charge on any atom is -0.375 e. The Kier molecular flexibility index (Phi) is 4.41. The van der Waals surface area contributed by atoms with Gasteiger partial charge in [0.25, 0.3) is 0 Å². The number of ether oxygens (including phenoxy) is 1. The highest BCUT2D eigenvalue weighted by Gasteiger charge is 2.32. The molecule has 1 atom stereocenters. The fourth-order valence-electron chi connectivity index (χ4n) is 1.86. The summed E-state index contributed by atoms with van der Waals surface area (Å²) in [7, 11) is 1.76. The third kappa shape index (κ3) is 2.91. The monoisotopic (exact) mass is 267 g/mol. The molecule has 17 heavy (non-hydrogen) atoms. The molecule has 0 radical (unpaired) electrons. The molecule has 1 unspecified atom stereocenters. The van der Waals surface area contributed by atoms with Crippen LogP contribution in [0.4, 0.5) is 13.2 Å². The number of hydrogen-bond donors (Lipinski definition) is 1. The smallest absolute Gasteiger partial charge is 0.375 e. The van der Waals surface area contributed by atoms with Crippen LogP contribution in [0.3, 0.4) is 0 Å². The molecule has 0 saturated carbocycles. The van der Waals surface area contributed by atoms with E-state index in [4.69, 9.17) is 4.74 Å². The molecule has 6 heteroatoms. The van der Waals surface area contributed by atoms with Gasteiger partial charge in [0.1, 0.15) is 0 Å². The lowest BCUT2D eigenvalue weighted by Gasteiger charge is -2.26. The molecule has 1 aliphatic heterocycles. The molecule has 0 aromatic heterocycles. The SMILES string of the molecule is CNC1COCc2cc(C(F)(F)F)ccc21.Cl. The van der Waals surface area contributed by atoms with Gasteiger partial charge in [-0.25, -0.2) is 0 Å². The lowest BCUT2D eigenvalue weighted by atomic mass is 9.97. The van der Waals surface area contributed by atoms with Gasteiger partial charge in [0, 0.05) is 0 Å². The summed E-state index contributed by atoms with van der Waals surface area (Å²) < 4.78 is 42.7. The van der Waals surface area contributed by atoms with E-state index in [1.165, 1.54) is 12.1 Å². The molecule has 2 nitrogen and oxygen atoms in total. The summed E-state index contributed by atoms with van der Waals surface area (Å²) in [6, 6.07) is 3.79. The van der Waals surface area contributed by atoms with Crippen LogP contribution >= 0.6 is 12.4 Å². The molecule has 0 amide bonds. The summed E-state index contributed by atoms with van der Waals surface area (Å²) in [6.07, 6.45) is -4.29. The largest absolute Gasteiger partial charge is 0.416 e. The Bertz CT molecular complexity index is 395. The van der Waals surface area contributed by atoms with Crippen molar-refractivity contribution in [3.8, 4) is 0 Å². The van der Waals surface area contributed by atoms with Crippen molar-refractivity contribution in [2.45, 2.75) is 18.8 Å². The van der Waals surface area contributed by atoms with E-state index in [2.05, 4.69) is 5.32 Å². The topological polar surface area (TPSA) is 21.3 Å². The van der Waals surface area contributed by atoms with E-state index in [-0.39, 0.29) is 25.1 Å². The van der Waals surface area contributed by atoms with E-state index in [1.807, 2.05) is 0 Å². The Labute approximate surface area is 104 Å². The van der Waals surface area contributed by atoms with Gasteiger partial charge >= 0.3 is 6.18 Å². The number of benzene rings is 1. The molecule has 0 bridgehead atoms. The van der Waals surface area contributed by atoms with Gasteiger partial charge in [-0.3, -0.25) is 0 Å². The molecular formula is C11H13ClF3NO. The van der Waals surface area contributed by atoms with Gasteiger partial charge in [0.2, 0.25) is 0 Å². The fourth-order valence-corrected chi connectivity index (χ4v) is 1.86. The van der Waals surface area contributed by atoms with Crippen molar-refractivity contribution in [3.05, 3.63) is 34.9 Å². The molecule has 0 aliphatic carbocycles. The third-order valence-electron chi connectivity index (χ3n) is 2.74. The number of alkyl halides is 3. The molecule has 2 rings (SSSR count). The van der Waals surface area contributed by atoms with Gasteiger partial charge in [-0.05, 0) is 30.3 Å². The highest BCUT2D eigenvalue weighted by molar-refractivity contribution is 5.85. The van der Waals surface area contributed by atoms with Crippen LogP contribution < -0.4 is 5.32 Å². The standard InChI is InChI=1S/C11H12F3NO.ClH/c1-15-10-6-16-5-7-4-8(11(12,13)14)2-3-9(7)10;/h2-4,10,15H,5-6H2,1H3;1H. The fraction of sp³-hybridized carbons (Fsp3) is 0.455. The van der Waals surface area contributed by atoms with Gasteiger partial charge < -0.3 is 10.1 Å². The number of fused-ring (bicyclic) bond motifs is 1. The number of hydrogen-bond acceptors (Lipinski definition) is 2. The molecule has 1 heterocycles. The minimum atomic E-state index is -4.29. The Hall–Kier alpha value is -0.780. The minimum absolute atomic E-state index is 0. The van der Waals surface area contributed by atoms with Crippen molar-refractivity contribution in [1.29, 1.82) is 0 Å². The van der Waals surface area contributed by atoms with Gasteiger partial charge in [0.05, 0.1) is 24.8 Å². The van der Waals surface area contributed by atoms with E-state index in [0.29, 0.717) is 12.2 Å². The highest BCUT2D eigenvalue weighted by Crippen LogP contribution is 2.33. The normalized spacial score (nSPS) is 19.4. The Morgan fingerprint density at radius 1 is 1.35 bits per heavy atom. The van der Waals surface area contributed by atoms with Crippen LogP contribution in [0.5, 0.6) is 0 Å². The second-order valence-electron chi connectivity index (χ2n) is 3.77. The summed E-state index contributed by atoms with van der Waals surface area (Å²) in [4.78, 5) is 0. The molecule has 1 aromatic rings. The number of nitrogens with one attached hydrogen (secondary N) is 1. The Morgan fingerprint density at radius 3 is 2.65 bits per heavy atom. The summed E-state index contributed by atoms with van der Waals surface area (Å²) in [5.41, 5.74) is 0.883. The van der Waals surface area contributed by atoms with E-state index in [0.717, 1.165) is 11.6 Å². The second-order valence-corrected chi connectivity index (χ2v) is 3.77. The number of rotatable bonds is 1. The van der Waals surface area contributed by atoms with Crippen molar-refractivity contribution >= 4 is 12.4 Å². The van der Waals surface area contributed by atoms with Crippen molar-refractivity contribution < 1.29 is 17.9 Å². The van der Waals surface area contributed by atoms with Crippen molar-refractivity contribution in [1.82, 2.24) is 5.32 Å². The zero-order chi connectivity index (χ0) is 11.8. The molecule has 1 N–H and O–H groups in total. The Balaban J connectivity index is 0.00000144. The van der Waals surface area contributed by atoms with Crippen LogP contribution in [0.2, 0.25) is 0 Å². The maximum Gasteiger partial charge on any atom is 0.416 e. The second kappa shape index (κ2) is 5.25. The molecule has 1 aliphatic rings. The average Bonchev–Trinajstić information content (AvgIpc) is 2.26. The van der Waals surface area contributed by atoms with E-state index in [9.17, 15) is 13.2 Å². The summed E-state index contributed by atoms with van der Waals surface area (Å²) in [5, 5.41) is 3.01. The van der Waals surface area contributed by atoms with Gasteiger partial charge in [0.15, 0.2) is 0 Å². The zero-order valence-corrected chi connectivity index (χ0v) is 9.99. The lowest BCUT2D eigenvalue weighted by molar-refractivity contribution is -0.137. The van der Waals surface area contributed by atoms with Gasteiger partial charge in [-0.1, -0.05) is 6.07 Å². The predicted octanol–water partition coefficient (Wildman–Crippen LogP) is 2.92. The first-order valence-electron chi connectivity index (χ1n) is 4.97. The molecule has 0 saturated heterocycles. The lowest BCUT2D eigenvalue weighted by Crippen LogP contribution is -2.27. The number of halogens is 4. The van der Waals surface area contributed by atoms with Crippen LogP contribution in [-0.2, 0) is 17.5 Å². The summed E-state index contributed by atoms with van der Waals surface area (Å²) in [5.74, 6) is 0. The van der Waals surface area contributed by atoms with Gasteiger partial charge in [-0.15, -0.1) is 12.4 Å². The average molecular weight is 268 g/mol. The highest BCUT2D eigenvalue weighted by atomic mass is 35.5. The quantitative estimate of drug-likeness (QED) is 0.845. The maximum absolute atomic E-state index is 12.5. The molecule has 96 valence electrons. The van der Waals surface area contributed by atoms with Crippen LogP contribution in [-0.4, -0.2) is 13.7 Å². The van der Waals surface area contributed by atoms with Gasteiger partial charge in [-0.2, -0.15) is 13.2 Å². The zero-order valence-electron chi connectivity index (χ0n) is 9.17. The van der Waals surface area contributed by atoms with Crippen molar-refractivity contribution in [3.63, 3.8) is 0 Å². The Morgan fingerprint density at radius 2 is 2.06 bits per heavy atom. The molecule has 0 spiro atoms. The van der Waals surface area contributed by atoms with Crippen LogP contribution in [0, 0.1) is 0 Å². The van der Waals surface area contributed by atoms with E-state index < -0.39 is 11.7 Å². The van der Waals surface area contributed by atoms with E-state index in [1.54, 1.807) is 7.05 Å². The summed E-state index contributed by atoms with van der Waals surface area (Å²) >= 11 is 0. The first-order chi connectivity index (χ1) is 7.52. The van der Waals surface area contributed by atoms with Crippen LogP contribution in [0.1, 0.15) is 22.7 Å². The van der Waals surface area contributed by atoms with Crippen molar-refractivity contribution in [2.24, 2.45) is 0 Å². The number of likely N-dealkylation sites (N-methyl/N-ethyl adjacent to an activating group) is 1. The molecule has 0 fully saturated rings. The van der Waals surface area contributed by atoms with E-state index >= 15 is 0 Å². The summed E-state index contributed by atoms with van der Waals surface area (Å²) in [6.45, 7) is 0.742. The van der Waals surface area contributed by atoms with Crippen molar-refractivity contribution in [2.75, 3.05) is 13.7 Å². The third-order valence-corrected chi connectivity index (χ3v) is 2.74. The van der Waals surface area contributed by atoms with Crippen LogP contribution in [0.25, 0.3) is 0 Å². The molecular weight excluding hydrogens is 255 g/mol. The van der Waals surface area contributed by atoms with Crippen LogP contribution in [0.15, 0.2) is 18.2 Å².